The number of carbonyl (C=O) groups excluding carboxylic acids is 4. The van der Waals surface area contributed by atoms with Gasteiger partial charge in [-0.2, -0.15) is 0 Å². The maximum absolute atomic E-state index is 13.3. The lowest BCUT2D eigenvalue weighted by atomic mass is 10.1. The van der Waals surface area contributed by atoms with Gasteiger partial charge < -0.3 is 15.4 Å². The van der Waals surface area contributed by atoms with Gasteiger partial charge in [-0.1, -0.05) is 18.2 Å². The molecule has 2 heterocycles. The Morgan fingerprint density at radius 2 is 1.82 bits per heavy atom. The Labute approximate surface area is 218 Å². The molecule has 38 heavy (non-hydrogen) atoms. The average molecular weight is 520 g/mol. The normalized spacial score (nSPS) is 15.6. The number of hydrogen-bond donors (Lipinski definition) is 3. The number of ether oxygens (including phenoxy) is 1. The summed E-state index contributed by atoms with van der Waals surface area (Å²) in [5.41, 5.74) is 0.767. The molecule has 0 radical (unpaired) electrons. The van der Waals surface area contributed by atoms with Gasteiger partial charge in [-0.3, -0.25) is 29.1 Å². The van der Waals surface area contributed by atoms with Crippen molar-refractivity contribution in [2.24, 2.45) is 0 Å². The molecule has 0 aliphatic carbocycles. The van der Waals surface area contributed by atoms with Crippen molar-refractivity contribution < 1.29 is 23.9 Å². The number of para-hydroxylation sites is 1. The van der Waals surface area contributed by atoms with Crippen LogP contribution in [0, 0.1) is 6.92 Å². The first kappa shape index (κ1) is 26.5. The fourth-order valence-corrected chi connectivity index (χ4v) is 4.18. The Hall–Kier alpha value is -4.54. The van der Waals surface area contributed by atoms with Gasteiger partial charge in [0, 0.05) is 18.5 Å². The van der Waals surface area contributed by atoms with Gasteiger partial charge in [0.15, 0.2) is 0 Å². The summed E-state index contributed by atoms with van der Waals surface area (Å²) in [5, 5.41) is 7.97. The number of carbonyl (C=O) groups is 4. The van der Waals surface area contributed by atoms with E-state index in [2.05, 4.69) is 20.9 Å². The molecule has 3 N–H and O–H groups in total. The largest absolute Gasteiger partial charge is 0.444 e. The minimum atomic E-state index is -0.835. The summed E-state index contributed by atoms with van der Waals surface area (Å²) in [7, 11) is 0. The number of imide groups is 1. The van der Waals surface area contributed by atoms with Gasteiger partial charge in [-0.05, 0) is 63.9 Å². The zero-order valence-corrected chi connectivity index (χ0v) is 21.6. The number of aryl methyl sites for hydroxylation is 1. The molecule has 0 spiro atoms. The minimum Gasteiger partial charge on any atom is -0.444 e. The Bertz CT molecular complexity index is 1490. The fraction of sp³-hybridized carbons (Fsp3) is 0.333. The Kier molecular flexibility index (Phi) is 7.29. The topological polar surface area (TPSA) is 148 Å². The number of benzene rings is 2. The highest BCUT2D eigenvalue weighted by Gasteiger charge is 2.30. The van der Waals surface area contributed by atoms with Gasteiger partial charge >= 0.3 is 6.09 Å². The maximum Gasteiger partial charge on any atom is 0.407 e. The third-order valence-corrected chi connectivity index (χ3v) is 5.93. The van der Waals surface area contributed by atoms with Gasteiger partial charge in [0.1, 0.15) is 23.0 Å². The number of nitrogens with one attached hydrogen (secondary N) is 3. The number of amides is 4. The fourth-order valence-electron chi connectivity index (χ4n) is 4.18. The molecule has 0 bridgehead atoms. The number of anilines is 1. The van der Waals surface area contributed by atoms with Gasteiger partial charge in [0.2, 0.25) is 11.8 Å². The standard InChI is InChI=1S/C27H29N5O6/c1-15-29-22-18(25(36)32(15)20-12-13-21(33)31-24(20)35)6-5-7-19(22)30-23(34)17-10-8-16(9-11-17)14-28-26(37)38-27(2,3)4/h5-11,20H,12-14H2,1-4H3,(H,28,37)(H,30,34)(H,31,33,35). The maximum atomic E-state index is 13.3. The number of fused-ring (bicyclic) bond motifs is 1. The van der Waals surface area contributed by atoms with E-state index in [9.17, 15) is 24.0 Å². The van der Waals surface area contributed by atoms with Crippen LogP contribution in [-0.2, 0) is 20.9 Å². The van der Waals surface area contributed by atoms with Crippen LogP contribution in [0.1, 0.15) is 61.4 Å². The molecular formula is C27H29N5O6. The van der Waals surface area contributed by atoms with Crippen LogP contribution in [0.4, 0.5) is 10.5 Å². The van der Waals surface area contributed by atoms with Crippen molar-refractivity contribution in [1.29, 1.82) is 0 Å². The molecule has 11 heteroatoms. The van der Waals surface area contributed by atoms with Gasteiger partial charge in [-0.25, -0.2) is 9.78 Å². The van der Waals surface area contributed by atoms with Crippen molar-refractivity contribution in [3.8, 4) is 0 Å². The summed E-state index contributed by atoms with van der Waals surface area (Å²) in [4.78, 5) is 66.5. The van der Waals surface area contributed by atoms with Crippen molar-refractivity contribution in [1.82, 2.24) is 20.2 Å². The monoisotopic (exact) mass is 519 g/mol. The average Bonchev–Trinajstić information content (AvgIpc) is 2.84. The van der Waals surface area contributed by atoms with Crippen LogP contribution in [0.15, 0.2) is 47.3 Å². The molecule has 0 saturated carbocycles. The molecule has 1 aliphatic rings. The van der Waals surface area contributed by atoms with E-state index in [0.717, 1.165) is 5.56 Å². The number of rotatable bonds is 5. The predicted octanol–water partition coefficient (Wildman–Crippen LogP) is 2.96. The van der Waals surface area contributed by atoms with E-state index in [4.69, 9.17) is 4.74 Å². The van der Waals surface area contributed by atoms with E-state index in [1.54, 1.807) is 70.2 Å². The Morgan fingerprint density at radius 3 is 2.47 bits per heavy atom. The quantitative estimate of drug-likeness (QED) is 0.439. The molecule has 1 aromatic heterocycles. The van der Waals surface area contributed by atoms with E-state index in [1.165, 1.54) is 4.57 Å². The van der Waals surface area contributed by atoms with Crippen LogP contribution in [-0.4, -0.2) is 39.0 Å². The third-order valence-electron chi connectivity index (χ3n) is 5.93. The highest BCUT2D eigenvalue weighted by molar-refractivity contribution is 6.08. The van der Waals surface area contributed by atoms with E-state index < -0.39 is 35.1 Å². The summed E-state index contributed by atoms with van der Waals surface area (Å²) in [6, 6.07) is 10.7. The molecular weight excluding hydrogens is 490 g/mol. The summed E-state index contributed by atoms with van der Waals surface area (Å²) in [6.07, 6.45) is -0.195. The van der Waals surface area contributed by atoms with Crippen molar-refractivity contribution in [2.75, 3.05) is 5.32 Å². The summed E-state index contributed by atoms with van der Waals surface area (Å²) in [5.74, 6) is -1.02. The molecule has 1 atom stereocenters. The highest BCUT2D eigenvalue weighted by Crippen LogP contribution is 2.24. The van der Waals surface area contributed by atoms with Gasteiger partial charge in [-0.15, -0.1) is 0 Å². The summed E-state index contributed by atoms with van der Waals surface area (Å²) >= 11 is 0. The van der Waals surface area contributed by atoms with Crippen molar-refractivity contribution in [3.63, 3.8) is 0 Å². The van der Waals surface area contributed by atoms with E-state index in [1.807, 2.05) is 0 Å². The number of nitrogens with zero attached hydrogens (tertiary/aromatic N) is 2. The molecule has 1 fully saturated rings. The number of hydrogen-bond acceptors (Lipinski definition) is 7. The first-order chi connectivity index (χ1) is 17.9. The van der Waals surface area contributed by atoms with Crippen LogP contribution >= 0.6 is 0 Å². The van der Waals surface area contributed by atoms with Crippen LogP contribution in [0.2, 0.25) is 0 Å². The van der Waals surface area contributed by atoms with Gasteiger partial charge in [0.05, 0.1) is 11.1 Å². The van der Waals surface area contributed by atoms with Crippen LogP contribution < -0.4 is 21.5 Å². The molecule has 3 aromatic rings. The van der Waals surface area contributed by atoms with Crippen molar-refractivity contribution in [3.05, 3.63) is 69.8 Å². The van der Waals surface area contributed by atoms with Crippen molar-refractivity contribution >= 4 is 40.4 Å². The molecule has 1 saturated heterocycles. The lowest BCUT2D eigenvalue weighted by Crippen LogP contribution is -2.45. The second kappa shape index (κ2) is 10.4. The first-order valence-electron chi connectivity index (χ1n) is 12.2. The van der Waals surface area contributed by atoms with Crippen LogP contribution in [0.25, 0.3) is 10.9 Å². The molecule has 11 nitrogen and oxygen atoms in total. The molecule has 198 valence electrons. The van der Waals surface area contributed by atoms with Crippen LogP contribution in [0.3, 0.4) is 0 Å². The van der Waals surface area contributed by atoms with E-state index in [-0.39, 0.29) is 30.7 Å². The zero-order valence-electron chi connectivity index (χ0n) is 21.6. The summed E-state index contributed by atoms with van der Waals surface area (Å²) in [6.45, 7) is 7.18. The first-order valence-corrected chi connectivity index (χ1v) is 12.2. The minimum absolute atomic E-state index is 0.131. The highest BCUT2D eigenvalue weighted by atomic mass is 16.6. The molecule has 1 aliphatic heterocycles. The number of aromatic nitrogens is 2. The smallest absolute Gasteiger partial charge is 0.407 e. The van der Waals surface area contributed by atoms with Gasteiger partial charge in [0.25, 0.3) is 11.5 Å². The number of alkyl carbamates (subject to hydrolysis) is 1. The molecule has 2 aromatic carbocycles. The second-order valence-electron chi connectivity index (χ2n) is 10.0. The molecule has 1 unspecified atom stereocenters. The zero-order chi connectivity index (χ0) is 27.6. The Morgan fingerprint density at radius 1 is 1.11 bits per heavy atom. The van der Waals surface area contributed by atoms with Crippen LogP contribution in [0.5, 0.6) is 0 Å². The van der Waals surface area contributed by atoms with Crippen molar-refractivity contribution in [2.45, 2.75) is 58.7 Å². The summed E-state index contributed by atoms with van der Waals surface area (Å²) < 4.78 is 6.51. The lowest BCUT2D eigenvalue weighted by Gasteiger charge is -2.24. The number of piperidine rings is 1. The Balaban J connectivity index is 1.51. The SMILES string of the molecule is Cc1nc2c(NC(=O)c3ccc(CNC(=O)OC(C)(C)C)cc3)cccc2c(=O)n1C1CCC(=O)NC1=O. The van der Waals surface area contributed by atoms with E-state index >= 15 is 0 Å². The predicted molar refractivity (Wildman–Crippen MR) is 140 cm³/mol. The second-order valence-corrected chi connectivity index (χ2v) is 10.0. The van der Waals surface area contributed by atoms with E-state index in [0.29, 0.717) is 22.6 Å². The third kappa shape index (κ3) is 5.88. The lowest BCUT2D eigenvalue weighted by molar-refractivity contribution is -0.135. The molecule has 4 amide bonds. The molecule has 4 rings (SSSR count).